The van der Waals surface area contributed by atoms with E-state index in [4.69, 9.17) is 5.11 Å². The second kappa shape index (κ2) is 4.93. The van der Waals surface area contributed by atoms with E-state index in [1.807, 2.05) is 30.3 Å². The molecule has 0 bridgehead atoms. The molecule has 0 unspecified atom stereocenters. The van der Waals surface area contributed by atoms with Gasteiger partial charge in [0.1, 0.15) is 0 Å². The summed E-state index contributed by atoms with van der Waals surface area (Å²) >= 11 is 0. The van der Waals surface area contributed by atoms with Gasteiger partial charge in [0.2, 0.25) is 0 Å². The molecule has 0 spiro atoms. The molecule has 2 aromatic heterocycles. The largest absolute Gasteiger partial charge is 0.476 e. The molecule has 0 aliphatic heterocycles. The summed E-state index contributed by atoms with van der Waals surface area (Å²) < 4.78 is 0. The van der Waals surface area contributed by atoms with Gasteiger partial charge < -0.3 is 10.4 Å². The number of benzene rings is 1. The van der Waals surface area contributed by atoms with Gasteiger partial charge in [-0.2, -0.15) is 0 Å². The molecule has 20 heavy (non-hydrogen) atoms. The molecule has 98 valence electrons. The number of carboxylic acids is 1. The van der Waals surface area contributed by atoms with Crippen molar-refractivity contribution in [2.24, 2.45) is 0 Å². The molecule has 3 rings (SSSR count). The molecule has 0 radical (unpaired) electrons. The third-order valence-electron chi connectivity index (χ3n) is 2.75. The number of carboxylic acid groups (broad SMARTS) is 1. The molecule has 3 aromatic rings. The van der Waals surface area contributed by atoms with Crippen LogP contribution in [0.3, 0.4) is 0 Å². The smallest absolute Gasteiger partial charge is 0.356 e. The first-order valence-electron chi connectivity index (χ1n) is 5.91. The predicted molar refractivity (Wildman–Crippen MR) is 74.0 cm³/mol. The molecular weight excluding hydrogens is 256 g/mol. The third-order valence-corrected chi connectivity index (χ3v) is 2.75. The summed E-state index contributed by atoms with van der Waals surface area (Å²) in [5, 5.41) is 20.2. The number of anilines is 2. The lowest BCUT2D eigenvalue weighted by Crippen LogP contribution is -2.03. The van der Waals surface area contributed by atoms with Gasteiger partial charge in [-0.05, 0) is 24.3 Å². The average Bonchev–Trinajstić information content (AvgIpc) is 2.48. The Balaban J connectivity index is 1.87. The van der Waals surface area contributed by atoms with Crippen LogP contribution in [0.4, 0.5) is 11.5 Å². The Bertz CT molecular complexity index is 771. The van der Waals surface area contributed by atoms with Gasteiger partial charge in [-0.3, -0.25) is 4.98 Å². The van der Waals surface area contributed by atoms with Gasteiger partial charge in [0.15, 0.2) is 11.5 Å². The first-order chi connectivity index (χ1) is 9.72. The highest BCUT2D eigenvalue weighted by Gasteiger charge is 2.05. The second-order valence-corrected chi connectivity index (χ2v) is 4.15. The van der Waals surface area contributed by atoms with E-state index in [0.29, 0.717) is 5.82 Å². The van der Waals surface area contributed by atoms with Crippen molar-refractivity contribution in [2.75, 3.05) is 5.32 Å². The van der Waals surface area contributed by atoms with Crippen LogP contribution in [0.15, 0.2) is 48.7 Å². The summed E-state index contributed by atoms with van der Waals surface area (Å²) in [6.07, 6.45) is 1.69. The van der Waals surface area contributed by atoms with Crippen LogP contribution in [-0.4, -0.2) is 26.3 Å². The average molecular weight is 266 g/mol. The summed E-state index contributed by atoms with van der Waals surface area (Å²) in [4.78, 5) is 15.0. The van der Waals surface area contributed by atoms with Gasteiger partial charge in [-0.1, -0.05) is 18.2 Å². The maximum Gasteiger partial charge on any atom is 0.356 e. The Morgan fingerprint density at radius 1 is 1.10 bits per heavy atom. The topological polar surface area (TPSA) is 88.0 Å². The van der Waals surface area contributed by atoms with Crippen LogP contribution >= 0.6 is 0 Å². The molecule has 0 saturated carbocycles. The Kier molecular flexibility index (Phi) is 2.96. The fraction of sp³-hybridized carbons (Fsp3) is 0. The zero-order valence-electron chi connectivity index (χ0n) is 10.3. The number of aromatic carboxylic acids is 1. The molecule has 6 heteroatoms. The predicted octanol–water partition coefficient (Wildman–Crippen LogP) is 2.47. The molecule has 0 aliphatic rings. The normalized spacial score (nSPS) is 10.4. The maximum absolute atomic E-state index is 10.7. The van der Waals surface area contributed by atoms with Crippen LogP contribution < -0.4 is 5.32 Å². The molecule has 1 aromatic carbocycles. The van der Waals surface area contributed by atoms with E-state index in [-0.39, 0.29) is 5.69 Å². The van der Waals surface area contributed by atoms with Crippen LogP contribution in [0.25, 0.3) is 10.9 Å². The minimum atomic E-state index is -1.10. The summed E-state index contributed by atoms with van der Waals surface area (Å²) in [5.41, 5.74) is 1.58. The van der Waals surface area contributed by atoms with Gasteiger partial charge in [-0.15, -0.1) is 10.2 Å². The van der Waals surface area contributed by atoms with Crippen molar-refractivity contribution in [3.63, 3.8) is 0 Å². The fourth-order valence-electron chi connectivity index (χ4n) is 1.80. The van der Waals surface area contributed by atoms with Crippen molar-refractivity contribution in [1.82, 2.24) is 15.2 Å². The second-order valence-electron chi connectivity index (χ2n) is 4.15. The van der Waals surface area contributed by atoms with Gasteiger partial charge in [0.05, 0.1) is 17.4 Å². The van der Waals surface area contributed by atoms with Crippen LogP contribution in [0, 0.1) is 0 Å². The number of aromatic nitrogens is 3. The molecule has 0 fully saturated rings. The Hall–Kier alpha value is -3.02. The summed E-state index contributed by atoms with van der Waals surface area (Å²) in [5.74, 6) is -0.636. The monoisotopic (exact) mass is 266 g/mol. The van der Waals surface area contributed by atoms with E-state index < -0.39 is 5.97 Å². The molecule has 6 nitrogen and oxygen atoms in total. The van der Waals surface area contributed by atoms with E-state index >= 15 is 0 Å². The van der Waals surface area contributed by atoms with Gasteiger partial charge in [0.25, 0.3) is 0 Å². The lowest BCUT2D eigenvalue weighted by Gasteiger charge is -2.05. The lowest BCUT2D eigenvalue weighted by molar-refractivity contribution is 0.0689. The van der Waals surface area contributed by atoms with Gasteiger partial charge >= 0.3 is 5.97 Å². The quantitative estimate of drug-likeness (QED) is 0.757. The first kappa shape index (κ1) is 12.0. The van der Waals surface area contributed by atoms with Gasteiger partial charge in [-0.25, -0.2) is 4.79 Å². The first-order valence-corrected chi connectivity index (χ1v) is 5.91. The van der Waals surface area contributed by atoms with Crippen molar-refractivity contribution in [1.29, 1.82) is 0 Å². The number of pyridine rings is 1. The number of hydrogen-bond donors (Lipinski definition) is 2. The number of rotatable bonds is 3. The maximum atomic E-state index is 10.7. The number of fused-ring (bicyclic) bond motifs is 1. The number of para-hydroxylation sites is 1. The lowest BCUT2D eigenvalue weighted by atomic mass is 10.2. The molecule has 2 heterocycles. The number of nitrogens with zero attached hydrogens (tertiary/aromatic N) is 3. The SMILES string of the molecule is O=C(O)c1ccc(Nc2cnc3ccccc3c2)nn1. The Morgan fingerprint density at radius 2 is 1.95 bits per heavy atom. The summed E-state index contributed by atoms with van der Waals surface area (Å²) in [7, 11) is 0. The third kappa shape index (κ3) is 2.39. The fourth-order valence-corrected chi connectivity index (χ4v) is 1.80. The van der Waals surface area contributed by atoms with Crippen molar-refractivity contribution >= 4 is 28.4 Å². The molecular formula is C14H10N4O2. The number of nitrogens with one attached hydrogen (secondary N) is 1. The minimum absolute atomic E-state index is 0.0906. The minimum Gasteiger partial charge on any atom is -0.476 e. The number of carbonyl (C=O) groups is 1. The highest BCUT2D eigenvalue weighted by Crippen LogP contribution is 2.18. The zero-order valence-corrected chi connectivity index (χ0v) is 10.3. The highest BCUT2D eigenvalue weighted by molar-refractivity contribution is 5.85. The summed E-state index contributed by atoms with van der Waals surface area (Å²) in [6, 6.07) is 12.7. The molecule has 0 atom stereocenters. The van der Waals surface area contributed by atoms with Crippen LogP contribution in [-0.2, 0) is 0 Å². The Morgan fingerprint density at radius 3 is 2.70 bits per heavy atom. The zero-order chi connectivity index (χ0) is 13.9. The molecule has 0 amide bonds. The van der Waals surface area contributed by atoms with Crippen LogP contribution in [0.2, 0.25) is 0 Å². The Labute approximate surface area is 114 Å². The van der Waals surface area contributed by atoms with Crippen LogP contribution in [0.1, 0.15) is 10.5 Å². The molecule has 2 N–H and O–H groups in total. The standard InChI is InChI=1S/C14H10N4O2/c19-14(20)12-5-6-13(18-17-12)16-10-7-9-3-1-2-4-11(9)15-8-10/h1-8H,(H,16,18)(H,19,20). The van der Waals surface area contributed by atoms with Crippen molar-refractivity contribution < 1.29 is 9.90 Å². The number of hydrogen-bond acceptors (Lipinski definition) is 5. The van der Waals surface area contributed by atoms with Crippen LogP contribution in [0.5, 0.6) is 0 Å². The van der Waals surface area contributed by atoms with E-state index in [2.05, 4.69) is 20.5 Å². The summed E-state index contributed by atoms with van der Waals surface area (Å²) in [6.45, 7) is 0. The van der Waals surface area contributed by atoms with E-state index in [9.17, 15) is 4.79 Å². The molecule has 0 saturated heterocycles. The van der Waals surface area contributed by atoms with Crippen molar-refractivity contribution in [3.05, 3.63) is 54.4 Å². The molecule has 0 aliphatic carbocycles. The van der Waals surface area contributed by atoms with E-state index in [1.54, 1.807) is 12.3 Å². The van der Waals surface area contributed by atoms with Crippen molar-refractivity contribution in [2.45, 2.75) is 0 Å². The van der Waals surface area contributed by atoms with Crippen molar-refractivity contribution in [3.8, 4) is 0 Å². The van der Waals surface area contributed by atoms with E-state index in [0.717, 1.165) is 16.6 Å². The van der Waals surface area contributed by atoms with E-state index in [1.165, 1.54) is 6.07 Å². The van der Waals surface area contributed by atoms with Gasteiger partial charge in [0, 0.05) is 5.39 Å². The highest BCUT2D eigenvalue weighted by atomic mass is 16.4.